The van der Waals surface area contributed by atoms with Crippen LogP contribution < -0.4 is 39.7 Å². The molecule has 0 aliphatic carbocycles. The fourth-order valence-electron chi connectivity index (χ4n) is 1.52. The van der Waals surface area contributed by atoms with E-state index in [0.29, 0.717) is 5.75 Å². The number of furan rings is 1. The zero-order valence-electron chi connectivity index (χ0n) is 13.1. The number of benzene rings is 1. The van der Waals surface area contributed by atoms with Gasteiger partial charge in [0.15, 0.2) is 16.7 Å². The molecule has 0 fully saturated rings. The van der Waals surface area contributed by atoms with Crippen LogP contribution in [-0.2, 0) is 14.9 Å². The van der Waals surface area contributed by atoms with Crippen LogP contribution >= 0.6 is 0 Å². The van der Waals surface area contributed by atoms with Crippen LogP contribution in [0.5, 0.6) is 5.75 Å². The molecular weight excluding hydrogens is 347 g/mol. The van der Waals surface area contributed by atoms with Crippen LogP contribution in [0.3, 0.4) is 0 Å². The monoisotopic (exact) mass is 360 g/mol. The quantitative estimate of drug-likeness (QED) is 0.276. The Hall–Kier alpha value is -1.65. The van der Waals surface area contributed by atoms with Crippen LogP contribution in [0.25, 0.3) is 0 Å². The molecule has 24 heavy (non-hydrogen) atoms. The van der Waals surface area contributed by atoms with E-state index in [2.05, 4.69) is 10.5 Å². The summed E-state index contributed by atoms with van der Waals surface area (Å²) in [5.74, 6) is 0.0512. The first kappa shape index (κ1) is 20.4. The number of nitrogens with zero attached hydrogens (tertiary/aromatic N) is 1. The van der Waals surface area contributed by atoms with Crippen molar-refractivity contribution in [1.82, 2.24) is 5.43 Å². The number of hydrogen-bond donors (Lipinski definition) is 1. The molecule has 1 aromatic carbocycles. The first-order chi connectivity index (χ1) is 10.8. The van der Waals surface area contributed by atoms with Gasteiger partial charge in [0, 0.05) is 0 Å². The van der Waals surface area contributed by atoms with E-state index >= 15 is 0 Å². The topological polar surface area (TPSA) is 121 Å². The summed E-state index contributed by atoms with van der Waals surface area (Å²) in [4.78, 5) is 11.5. The summed E-state index contributed by atoms with van der Waals surface area (Å²) in [5, 5.41) is 2.85. The van der Waals surface area contributed by atoms with Crippen LogP contribution in [0.4, 0.5) is 0 Å². The summed E-state index contributed by atoms with van der Waals surface area (Å²) in [6.07, 6.45) is 1.07. The third kappa shape index (κ3) is 6.46. The molecule has 0 aliphatic rings. The second-order valence-electron chi connectivity index (χ2n) is 4.51. The molecule has 8 nitrogen and oxygen atoms in total. The molecule has 0 bridgehead atoms. The van der Waals surface area contributed by atoms with Gasteiger partial charge in [-0.15, -0.1) is 0 Å². The molecule has 122 valence electrons. The molecule has 0 atom stereocenters. The molecule has 1 amide bonds. The van der Waals surface area contributed by atoms with Crippen molar-refractivity contribution in [2.45, 2.75) is 12.0 Å². The maximum Gasteiger partial charge on any atom is 1.00 e. The SMILES string of the molecule is Cc1ccc(OCC(=O)NN=Cc2ccc(S(=O)(=O)[O-])o2)cc1.[Na+]. The fraction of sp³-hybridized carbons (Fsp3) is 0.143. The summed E-state index contributed by atoms with van der Waals surface area (Å²) in [6, 6.07) is 9.42. The minimum absolute atomic E-state index is 0. The number of hydrazone groups is 1. The number of amides is 1. The van der Waals surface area contributed by atoms with Gasteiger partial charge in [0.1, 0.15) is 11.5 Å². The Labute approximate surface area is 160 Å². The van der Waals surface area contributed by atoms with E-state index in [1.54, 1.807) is 12.1 Å². The van der Waals surface area contributed by atoms with Gasteiger partial charge in [0.05, 0.1) is 6.21 Å². The van der Waals surface area contributed by atoms with Crippen molar-refractivity contribution in [1.29, 1.82) is 0 Å². The molecule has 2 aromatic rings. The smallest absolute Gasteiger partial charge is 0.742 e. The van der Waals surface area contributed by atoms with Crippen LogP contribution in [0.15, 0.2) is 51.0 Å². The minimum atomic E-state index is -4.65. The zero-order valence-corrected chi connectivity index (χ0v) is 15.9. The molecule has 1 aromatic heterocycles. The van der Waals surface area contributed by atoms with Gasteiger partial charge in [0.2, 0.25) is 5.09 Å². The standard InChI is InChI=1S/C14H14N2O6S.Na/c1-10-2-4-11(5-3-10)21-9-13(17)16-15-8-12-6-7-14(22-12)23(18,19)20;/h2-8H,9H2,1H3,(H,16,17)(H,18,19,20);/q;+1/p-1. The van der Waals surface area contributed by atoms with E-state index in [1.165, 1.54) is 6.07 Å². The maximum absolute atomic E-state index is 11.5. The Morgan fingerprint density at radius 3 is 2.54 bits per heavy atom. The van der Waals surface area contributed by atoms with E-state index in [9.17, 15) is 17.8 Å². The van der Waals surface area contributed by atoms with Crippen molar-refractivity contribution in [2.75, 3.05) is 6.61 Å². The van der Waals surface area contributed by atoms with Crippen LogP contribution in [0, 0.1) is 6.92 Å². The summed E-state index contributed by atoms with van der Waals surface area (Å²) >= 11 is 0. The molecule has 0 unspecified atom stereocenters. The van der Waals surface area contributed by atoms with Gasteiger partial charge in [-0.1, -0.05) is 17.7 Å². The molecule has 1 heterocycles. The molecule has 0 saturated carbocycles. The molecule has 10 heteroatoms. The summed E-state index contributed by atoms with van der Waals surface area (Å²) < 4.78 is 42.0. The predicted molar refractivity (Wildman–Crippen MR) is 79.1 cm³/mol. The number of nitrogens with one attached hydrogen (secondary N) is 1. The molecular formula is C14H13N2NaO6S. The maximum atomic E-state index is 11.5. The van der Waals surface area contributed by atoms with E-state index < -0.39 is 21.1 Å². The van der Waals surface area contributed by atoms with Crippen molar-refractivity contribution in [3.63, 3.8) is 0 Å². The van der Waals surface area contributed by atoms with Crippen molar-refractivity contribution in [3.05, 3.63) is 47.7 Å². The van der Waals surface area contributed by atoms with Crippen molar-refractivity contribution < 1.29 is 56.5 Å². The minimum Gasteiger partial charge on any atom is -0.742 e. The van der Waals surface area contributed by atoms with E-state index in [1.807, 2.05) is 19.1 Å². The van der Waals surface area contributed by atoms with Gasteiger partial charge in [-0.2, -0.15) is 5.10 Å². The van der Waals surface area contributed by atoms with Crippen LogP contribution in [0.2, 0.25) is 0 Å². The number of rotatable bonds is 6. The Kier molecular flexibility index (Phi) is 7.64. The Balaban J connectivity index is 0.00000288. The van der Waals surface area contributed by atoms with Gasteiger partial charge in [-0.05, 0) is 31.2 Å². The third-order valence-electron chi connectivity index (χ3n) is 2.62. The van der Waals surface area contributed by atoms with E-state index in [0.717, 1.165) is 17.8 Å². The Morgan fingerprint density at radius 1 is 1.29 bits per heavy atom. The summed E-state index contributed by atoms with van der Waals surface area (Å²) in [6.45, 7) is 1.70. The molecule has 0 aliphatic heterocycles. The molecule has 0 radical (unpaired) electrons. The molecule has 2 rings (SSSR count). The van der Waals surface area contributed by atoms with E-state index in [4.69, 9.17) is 9.15 Å². The van der Waals surface area contributed by atoms with Gasteiger partial charge in [-0.25, -0.2) is 13.8 Å². The van der Waals surface area contributed by atoms with Crippen molar-refractivity contribution >= 4 is 22.2 Å². The predicted octanol–water partition coefficient (Wildman–Crippen LogP) is -1.97. The normalized spacial score (nSPS) is 11.1. The van der Waals surface area contributed by atoms with Crippen molar-refractivity contribution in [3.8, 4) is 5.75 Å². The Morgan fingerprint density at radius 2 is 1.96 bits per heavy atom. The van der Waals surface area contributed by atoms with Crippen LogP contribution in [0.1, 0.15) is 11.3 Å². The first-order valence-corrected chi connectivity index (χ1v) is 7.82. The molecule has 1 N–H and O–H groups in total. The first-order valence-electron chi connectivity index (χ1n) is 6.42. The van der Waals surface area contributed by atoms with E-state index in [-0.39, 0.29) is 41.9 Å². The number of carbonyl (C=O) groups excluding carboxylic acids is 1. The second-order valence-corrected chi connectivity index (χ2v) is 5.82. The summed E-state index contributed by atoms with van der Waals surface area (Å²) in [7, 11) is -4.65. The average Bonchev–Trinajstić information content (AvgIpc) is 2.96. The fourth-order valence-corrected chi connectivity index (χ4v) is 1.95. The molecule has 0 spiro atoms. The number of carbonyl (C=O) groups is 1. The Bertz CT molecular complexity index is 814. The zero-order chi connectivity index (χ0) is 16.9. The summed E-state index contributed by atoms with van der Waals surface area (Å²) in [5.41, 5.74) is 3.25. The number of ether oxygens (including phenoxy) is 1. The van der Waals surface area contributed by atoms with Crippen molar-refractivity contribution in [2.24, 2.45) is 5.10 Å². The van der Waals surface area contributed by atoms with Gasteiger partial charge < -0.3 is 13.7 Å². The average molecular weight is 360 g/mol. The van der Waals surface area contributed by atoms with Gasteiger partial charge in [0.25, 0.3) is 5.91 Å². The molecule has 0 saturated heterocycles. The number of aryl methyl sites for hydroxylation is 1. The van der Waals surface area contributed by atoms with Gasteiger partial charge in [-0.3, -0.25) is 4.79 Å². The number of hydrogen-bond acceptors (Lipinski definition) is 7. The third-order valence-corrected chi connectivity index (χ3v) is 3.33. The van der Waals surface area contributed by atoms with Gasteiger partial charge >= 0.3 is 29.6 Å². The second kappa shape index (κ2) is 9.00. The van der Waals surface area contributed by atoms with Crippen LogP contribution in [-0.4, -0.2) is 31.7 Å². The largest absolute Gasteiger partial charge is 1.00 e.